The lowest BCUT2D eigenvalue weighted by molar-refractivity contribution is 0.169. The lowest BCUT2D eigenvalue weighted by Gasteiger charge is -2.32. The quantitative estimate of drug-likeness (QED) is 0.210. The first-order valence-electron chi connectivity index (χ1n) is 10.9. The van der Waals surface area contributed by atoms with E-state index in [1.54, 1.807) is 6.20 Å². The standard InChI is InChI=1S/C24H36N4O2.HI/c1-4-24(5-2,14-16-29)19-28-23(25-6-3)27-17-21-13-10-15-26-22(21)30-18-20-11-8-7-9-12-20;/h7-13,15,29H,4-6,14,16-19H2,1-3H3,(H2,25,27,28);1H. The molecule has 0 bridgehead atoms. The van der Waals surface area contributed by atoms with Gasteiger partial charge in [0, 0.05) is 31.5 Å². The molecule has 31 heavy (non-hydrogen) atoms. The van der Waals surface area contributed by atoms with Gasteiger partial charge in [-0.15, -0.1) is 24.0 Å². The maximum Gasteiger partial charge on any atom is 0.218 e. The molecular weight excluding hydrogens is 503 g/mol. The van der Waals surface area contributed by atoms with Crippen molar-refractivity contribution in [3.63, 3.8) is 0 Å². The van der Waals surface area contributed by atoms with E-state index in [9.17, 15) is 5.11 Å². The second-order valence-corrected chi connectivity index (χ2v) is 7.47. The number of hydrogen-bond donors (Lipinski definition) is 3. The van der Waals surface area contributed by atoms with Crippen LogP contribution in [0.5, 0.6) is 5.88 Å². The highest BCUT2D eigenvalue weighted by atomic mass is 127. The molecule has 0 aliphatic carbocycles. The van der Waals surface area contributed by atoms with Crippen molar-refractivity contribution < 1.29 is 9.84 Å². The minimum Gasteiger partial charge on any atom is -0.473 e. The monoisotopic (exact) mass is 540 g/mol. The second-order valence-electron chi connectivity index (χ2n) is 7.47. The van der Waals surface area contributed by atoms with Crippen LogP contribution in [0.3, 0.4) is 0 Å². The molecule has 0 fully saturated rings. The van der Waals surface area contributed by atoms with Crippen LogP contribution in [-0.2, 0) is 13.2 Å². The number of hydrogen-bond acceptors (Lipinski definition) is 4. The van der Waals surface area contributed by atoms with Gasteiger partial charge in [0.2, 0.25) is 5.88 Å². The van der Waals surface area contributed by atoms with E-state index in [1.807, 2.05) is 42.5 Å². The number of guanidine groups is 1. The Morgan fingerprint density at radius 3 is 2.45 bits per heavy atom. The zero-order valence-corrected chi connectivity index (χ0v) is 21.3. The molecular formula is C24H37IN4O2. The Hall–Kier alpha value is -1.87. The molecule has 0 aliphatic heterocycles. The number of aliphatic hydroxyl groups excluding tert-OH is 1. The smallest absolute Gasteiger partial charge is 0.218 e. The maximum atomic E-state index is 9.45. The number of rotatable bonds is 12. The molecule has 0 unspecified atom stereocenters. The number of halogens is 1. The summed E-state index contributed by atoms with van der Waals surface area (Å²) < 4.78 is 5.95. The van der Waals surface area contributed by atoms with Gasteiger partial charge < -0.3 is 20.5 Å². The van der Waals surface area contributed by atoms with Crippen molar-refractivity contribution in [2.45, 2.75) is 53.2 Å². The van der Waals surface area contributed by atoms with Crippen LogP contribution < -0.4 is 15.4 Å². The van der Waals surface area contributed by atoms with Gasteiger partial charge in [0.1, 0.15) is 6.61 Å². The maximum absolute atomic E-state index is 9.45. The van der Waals surface area contributed by atoms with Gasteiger partial charge in [0.05, 0.1) is 6.54 Å². The first-order valence-corrected chi connectivity index (χ1v) is 10.9. The van der Waals surface area contributed by atoms with E-state index < -0.39 is 0 Å². The van der Waals surface area contributed by atoms with Gasteiger partial charge in [-0.1, -0.05) is 50.2 Å². The molecule has 2 rings (SSSR count). The molecule has 0 saturated heterocycles. The largest absolute Gasteiger partial charge is 0.473 e. The second kappa shape index (κ2) is 15.0. The average Bonchev–Trinajstić information content (AvgIpc) is 2.80. The van der Waals surface area contributed by atoms with Gasteiger partial charge in [-0.25, -0.2) is 9.98 Å². The van der Waals surface area contributed by atoms with Crippen LogP contribution in [0.15, 0.2) is 53.7 Å². The third kappa shape index (κ3) is 9.03. The molecule has 0 spiro atoms. The van der Waals surface area contributed by atoms with Crippen molar-refractivity contribution >= 4 is 29.9 Å². The molecule has 1 aromatic heterocycles. The first-order chi connectivity index (χ1) is 14.7. The number of aliphatic hydroxyl groups is 1. The normalized spacial score (nSPS) is 11.5. The van der Waals surface area contributed by atoms with Crippen LogP contribution in [-0.4, -0.2) is 35.7 Å². The molecule has 0 radical (unpaired) electrons. The lowest BCUT2D eigenvalue weighted by atomic mass is 9.79. The van der Waals surface area contributed by atoms with E-state index in [4.69, 9.17) is 9.73 Å². The summed E-state index contributed by atoms with van der Waals surface area (Å²) in [7, 11) is 0. The Balaban J connectivity index is 0.00000480. The molecule has 3 N–H and O–H groups in total. The molecule has 1 heterocycles. The summed E-state index contributed by atoms with van der Waals surface area (Å²) in [6, 6.07) is 14.0. The van der Waals surface area contributed by atoms with Crippen molar-refractivity contribution in [2.75, 3.05) is 19.7 Å². The van der Waals surface area contributed by atoms with E-state index in [1.165, 1.54) is 0 Å². The van der Waals surface area contributed by atoms with Gasteiger partial charge in [-0.3, -0.25) is 0 Å². The van der Waals surface area contributed by atoms with Crippen molar-refractivity contribution in [3.05, 3.63) is 59.8 Å². The highest BCUT2D eigenvalue weighted by Gasteiger charge is 2.25. The SMILES string of the molecule is CCNC(=NCc1cccnc1OCc1ccccc1)NCC(CC)(CC)CCO.I. The van der Waals surface area contributed by atoms with Crippen LogP contribution in [0.2, 0.25) is 0 Å². The molecule has 7 heteroatoms. The third-order valence-electron chi connectivity index (χ3n) is 5.59. The number of aliphatic imine (C=N–C) groups is 1. The summed E-state index contributed by atoms with van der Waals surface area (Å²) >= 11 is 0. The van der Waals surface area contributed by atoms with Crippen molar-refractivity contribution in [3.8, 4) is 5.88 Å². The third-order valence-corrected chi connectivity index (χ3v) is 5.59. The van der Waals surface area contributed by atoms with Crippen molar-refractivity contribution in [1.82, 2.24) is 15.6 Å². The topological polar surface area (TPSA) is 78.8 Å². The highest BCUT2D eigenvalue weighted by molar-refractivity contribution is 14.0. The van der Waals surface area contributed by atoms with Crippen molar-refractivity contribution in [2.24, 2.45) is 10.4 Å². The van der Waals surface area contributed by atoms with Gasteiger partial charge in [-0.05, 0) is 43.2 Å². The summed E-state index contributed by atoms with van der Waals surface area (Å²) in [6.07, 6.45) is 4.54. The summed E-state index contributed by atoms with van der Waals surface area (Å²) in [5.41, 5.74) is 2.12. The van der Waals surface area contributed by atoms with Crippen LogP contribution in [0.4, 0.5) is 0 Å². The zero-order chi connectivity index (χ0) is 21.7. The fourth-order valence-electron chi connectivity index (χ4n) is 3.36. The zero-order valence-electron chi connectivity index (χ0n) is 18.9. The highest BCUT2D eigenvalue weighted by Crippen LogP contribution is 2.29. The van der Waals surface area contributed by atoms with E-state index in [-0.39, 0.29) is 36.0 Å². The van der Waals surface area contributed by atoms with E-state index in [0.29, 0.717) is 19.0 Å². The number of aromatic nitrogens is 1. The fourth-order valence-corrected chi connectivity index (χ4v) is 3.36. The molecule has 1 aromatic carbocycles. The minimum absolute atomic E-state index is 0. The number of pyridine rings is 1. The Labute approximate surface area is 203 Å². The molecule has 2 aromatic rings. The van der Waals surface area contributed by atoms with Crippen LogP contribution in [0.1, 0.15) is 51.2 Å². The Kier molecular flexibility index (Phi) is 13.2. The molecule has 0 aliphatic rings. The van der Waals surface area contributed by atoms with E-state index in [2.05, 4.69) is 36.4 Å². The predicted octanol–water partition coefficient (Wildman–Crippen LogP) is 4.52. The van der Waals surface area contributed by atoms with E-state index >= 15 is 0 Å². The van der Waals surface area contributed by atoms with E-state index in [0.717, 1.165) is 49.4 Å². The number of benzene rings is 1. The average molecular weight is 540 g/mol. The summed E-state index contributed by atoms with van der Waals surface area (Å²) in [5, 5.41) is 16.2. The van der Waals surface area contributed by atoms with Gasteiger partial charge in [0.25, 0.3) is 0 Å². The van der Waals surface area contributed by atoms with Crippen LogP contribution in [0, 0.1) is 5.41 Å². The Morgan fingerprint density at radius 1 is 1.06 bits per heavy atom. The molecule has 0 saturated carbocycles. The number of ether oxygens (including phenoxy) is 1. The Bertz CT molecular complexity index is 767. The molecule has 6 nitrogen and oxygen atoms in total. The molecule has 172 valence electrons. The summed E-state index contributed by atoms with van der Waals surface area (Å²) in [4.78, 5) is 9.14. The lowest BCUT2D eigenvalue weighted by Crippen LogP contribution is -2.43. The Morgan fingerprint density at radius 2 is 1.81 bits per heavy atom. The first kappa shape index (κ1) is 27.2. The van der Waals surface area contributed by atoms with Crippen molar-refractivity contribution in [1.29, 1.82) is 0 Å². The molecule has 0 amide bonds. The number of nitrogens with one attached hydrogen (secondary N) is 2. The van der Waals surface area contributed by atoms with Crippen LogP contribution >= 0.6 is 24.0 Å². The minimum atomic E-state index is 0. The number of nitrogens with zero attached hydrogens (tertiary/aromatic N) is 2. The fraction of sp³-hybridized carbons (Fsp3) is 0.500. The molecule has 0 atom stereocenters. The summed E-state index contributed by atoms with van der Waals surface area (Å²) in [5.74, 6) is 1.37. The van der Waals surface area contributed by atoms with Gasteiger partial charge in [0.15, 0.2) is 5.96 Å². The summed E-state index contributed by atoms with van der Waals surface area (Å²) in [6.45, 7) is 9.11. The van der Waals surface area contributed by atoms with Gasteiger partial charge in [-0.2, -0.15) is 0 Å². The van der Waals surface area contributed by atoms with Gasteiger partial charge >= 0.3 is 0 Å². The predicted molar refractivity (Wildman–Crippen MR) is 138 cm³/mol. The van der Waals surface area contributed by atoms with Crippen LogP contribution in [0.25, 0.3) is 0 Å².